The van der Waals surface area contributed by atoms with E-state index >= 15 is 0 Å². The van der Waals surface area contributed by atoms with Crippen molar-refractivity contribution in [1.82, 2.24) is 24.5 Å². The summed E-state index contributed by atoms with van der Waals surface area (Å²) in [5, 5.41) is 5.56. The Kier molecular flexibility index (Phi) is 5.89. The number of aromatic nitrogens is 5. The highest BCUT2D eigenvalue weighted by atomic mass is 16.2. The Morgan fingerprint density at radius 2 is 1.85 bits per heavy atom. The maximum Gasteiger partial charge on any atom is 0.227 e. The van der Waals surface area contributed by atoms with Crippen molar-refractivity contribution in [3.63, 3.8) is 0 Å². The van der Waals surface area contributed by atoms with Gasteiger partial charge in [-0.2, -0.15) is 0 Å². The van der Waals surface area contributed by atoms with Crippen molar-refractivity contribution in [3.8, 4) is 0 Å². The molecule has 33 heavy (non-hydrogen) atoms. The van der Waals surface area contributed by atoms with Crippen LogP contribution in [0.2, 0.25) is 0 Å². The summed E-state index contributed by atoms with van der Waals surface area (Å²) < 4.78 is 2.25. The van der Waals surface area contributed by atoms with Gasteiger partial charge in [-0.3, -0.25) is 9.59 Å². The minimum absolute atomic E-state index is 0.00901. The van der Waals surface area contributed by atoms with Crippen LogP contribution in [0.15, 0.2) is 24.7 Å². The first-order valence-electron chi connectivity index (χ1n) is 11.6. The maximum atomic E-state index is 12.8. The van der Waals surface area contributed by atoms with E-state index in [9.17, 15) is 9.59 Å². The number of piperidine rings is 1. The van der Waals surface area contributed by atoms with E-state index in [0.29, 0.717) is 11.5 Å². The Bertz CT molecular complexity index is 1170. The van der Waals surface area contributed by atoms with Gasteiger partial charge in [0, 0.05) is 38.9 Å². The van der Waals surface area contributed by atoms with E-state index < -0.39 is 0 Å². The number of fused-ring (bicyclic) bond motifs is 3. The van der Waals surface area contributed by atoms with Crippen molar-refractivity contribution in [2.45, 2.75) is 52.0 Å². The van der Waals surface area contributed by atoms with Crippen LogP contribution in [0.4, 0.5) is 17.3 Å². The van der Waals surface area contributed by atoms with E-state index in [1.54, 1.807) is 24.7 Å². The molecule has 0 unspecified atom stereocenters. The molecule has 2 aliphatic heterocycles. The molecule has 3 aromatic rings. The number of nitrogens with zero attached hydrogens (tertiary/aromatic N) is 6. The lowest BCUT2D eigenvalue weighted by Gasteiger charge is -2.32. The SMILES string of the molecule is CC(=O)Nc1ccc(NC(=O)C2CCN(c3ncnc4c3nc3n4CCCCC3)CC2)cn1. The second-order valence-corrected chi connectivity index (χ2v) is 8.72. The number of hydrogen-bond acceptors (Lipinski definition) is 7. The highest BCUT2D eigenvalue weighted by molar-refractivity contribution is 5.93. The first kappa shape index (κ1) is 21.3. The number of carbonyl (C=O) groups excluding carboxylic acids is 2. The second-order valence-electron chi connectivity index (χ2n) is 8.72. The Hall–Kier alpha value is -3.56. The summed E-state index contributed by atoms with van der Waals surface area (Å²) in [5.74, 6) is 2.17. The highest BCUT2D eigenvalue weighted by Crippen LogP contribution is 2.29. The molecule has 0 radical (unpaired) electrons. The molecule has 0 aromatic carbocycles. The van der Waals surface area contributed by atoms with Crippen LogP contribution in [0.1, 0.15) is 44.9 Å². The highest BCUT2D eigenvalue weighted by Gasteiger charge is 2.28. The third-order valence-corrected chi connectivity index (χ3v) is 6.37. The van der Waals surface area contributed by atoms with Crippen LogP contribution >= 0.6 is 0 Å². The van der Waals surface area contributed by atoms with Gasteiger partial charge in [-0.15, -0.1) is 0 Å². The lowest BCUT2D eigenvalue weighted by atomic mass is 9.96. The van der Waals surface area contributed by atoms with E-state index in [1.165, 1.54) is 13.3 Å². The lowest BCUT2D eigenvalue weighted by molar-refractivity contribution is -0.120. The molecule has 2 N–H and O–H groups in total. The van der Waals surface area contributed by atoms with Gasteiger partial charge in [-0.25, -0.2) is 19.9 Å². The predicted octanol–water partition coefficient (Wildman–Crippen LogP) is 2.76. The number of rotatable bonds is 4. The summed E-state index contributed by atoms with van der Waals surface area (Å²) in [6.07, 6.45) is 9.20. The summed E-state index contributed by atoms with van der Waals surface area (Å²) in [5.41, 5.74) is 2.42. The fraction of sp³-hybridized carbons (Fsp3) is 0.478. The molecule has 0 atom stereocenters. The van der Waals surface area contributed by atoms with Gasteiger partial charge in [0.25, 0.3) is 0 Å². The smallest absolute Gasteiger partial charge is 0.227 e. The monoisotopic (exact) mass is 448 g/mol. The zero-order valence-electron chi connectivity index (χ0n) is 18.8. The molecule has 5 heterocycles. The van der Waals surface area contributed by atoms with Crippen molar-refractivity contribution in [3.05, 3.63) is 30.5 Å². The number of carbonyl (C=O) groups is 2. The van der Waals surface area contributed by atoms with Crippen LogP contribution in [-0.2, 0) is 22.6 Å². The van der Waals surface area contributed by atoms with Gasteiger partial charge in [-0.05, 0) is 37.8 Å². The molecule has 0 saturated carbocycles. The van der Waals surface area contributed by atoms with Crippen molar-refractivity contribution >= 4 is 40.3 Å². The Labute approximate surface area is 191 Å². The van der Waals surface area contributed by atoms with Crippen LogP contribution in [0.3, 0.4) is 0 Å². The fourth-order valence-corrected chi connectivity index (χ4v) is 4.68. The average Bonchev–Trinajstić information content (AvgIpc) is 3.01. The summed E-state index contributed by atoms with van der Waals surface area (Å²) >= 11 is 0. The number of imidazole rings is 1. The van der Waals surface area contributed by atoms with Crippen molar-refractivity contribution in [2.75, 3.05) is 28.6 Å². The quantitative estimate of drug-likeness (QED) is 0.630. The fourth-order valence-electron chi connectivity index (χ4n) is 4.68. The van der Waals surface area contributed by atoms with Gasteiger partial charge >= 0.3 is 0 Å². The molecule has 172 valence electrons. The third-order valence-electron chi connectivity index (χ3n) is 6.37. The molecule has 10 nitrogen and oxygen atoms in total. The number of aryl methyl sites for hydroxylation is 2. The number of anilines is 3. The Morgan fingerprint density at radius 1 is 1.00 bits per heavy atom. The minimum atomic E-state index is -0.182. The molecule has 0 bridgehead atoms. The molecule has 1 saturated heterocycles. The summed E-state index contributed by atoms with van der Waals surface area (Å²) in [6, 6.07) is 3.41. The molecule has 1 fully saturated rings. The Morgan fingerprint density at radius 3 is 2.61 bits per heavy atom. The summed E-state index contributed by atoms with van der Waals surface area (Å²) in [7, 11) is 0. The van der Waals surface area contributed by atoms with Gasteiger partial charge in [0.1, 0.15) is 18.0 Å². The predicted molar refractivity (Wildman–Crippen MR) is 125 cm³/mol. The van der Waals surface area contributed by atoms with Crippen LogP contribution in [0.25, 0.3) is 11.2 Å². The van der Waals surface area contributed by atoms with Crippen LogP contribution in [0.5, 0.6) is 0 Å². The van der Waals surface area contributed by atoms with Crippen LogP contribution < -0.4 is 15.5 Å². The van der Waals surface area contributed by atoms with E-state index in [4.69, 9.17) is 4.98 Å². The van der Waals surface area contributed by atoms with E-state index in [0.717, 1.165) is 74.5 Å². The zero-order valence-corrected chi connectivity index (χ0v) is 18.8. The van der Waals surface area contributed by atoms with E-state index in [-0.39, 0.29) is 17.7 Å². The first-order valence-corrected chi connectivity index (χ1v) is 11.6. The molecule has 10 heteroatoms. The number of nitrogens with one attached hydrogen (secondary N) is 2. The number of hydrogen-bond donors (Lipinski definition) is 2. The van der Waals surface area contributed by atoms with Gasteiger partial charge in [0.05, 0.1) is 11.9 Å². The molecule has 0 aliphatic carbocycles. The van der Waals surface area contributed by atoms with E-state index in [1.807, 2.05) is 0 Å². The standard InChI is InChI=1S/C23H28N8O2/c1-15(32)27-18-7-6-17(13-24-18)28-23(33)16-8-11-30(12-9-16)21-20-22(26-14-25-21)31-10-4-2-3-5-19(31)29-20/h6-7,13-14,16H,2-5,8-12H2,1H3,(H,28,33)(H,24,27,32). The van der Waals surface area contributed by atoms with E-state index in [2.05, 4.69) is 35.1 Å². The van der Waals surface area contributed by atoms with Gasteiger partial charge in [0.2, 0.25) is 11.8 Å². The maximum absolute atomic E-state index is 12.8. The molecule has 2 aliphatic rings. The number of pyridine rings is 1. The average molecular weight is 449 g/mol. The van der Waals surface area contributed by atoms with Crippen LogP contribution in [0, 0.1) is 5.92 Å². The van der Waals surface area contributed by atoms with Crippen molar-refractivity contribution in [2.24, 2.45) is 5.92 Å². The lowest BCUT2D eigenvalue weighted by Crippen LogP contribution is -2.38. The molecule has 3 aromatic heterocycles. The van der Waals surface area contributed by atoms with Crippen molar-refractivity contribution in [1.29, 1.82) is 0 Å². The minimum Gasteiger partial charge on any atom is -0.355 e. The zero-order chi connectivity index (χ0) is 22.8. The largest absolute Gasteiger partial charge is 0.355 e. The Balaban J connectivity index is 1.23. The van der Waals surface area contributed by atoms with Gasteiger partial charge < -0.3 is 20.1 Å². The molecule has 0 spiro atoms. The molecular weight excluding hydrogens is 420 g/mol. The van der Waals surface area contributed by atoms with Crippen LogP contribution in [-0.4, -0.2) is 49.4 Å². The summed E-state index contributed by atoms with van der Waals surface area (Å²) in [6.45, 7) is 3.88. The first-order chi connectivity index (χ1) is 16.1. The molecule has 2 amide bonds. The topological polar surface area (TPSA) is 118 Å². The summed E-state index contributed by atoms with van der Waals surface area (Å²) in [4.78, 5) is 44.3. The van der Waals surface area contributed by atoms with Crippen molar-refractivity contribution < 1.29 is 9.59 Å². The second kappa shape index (κ2) is 9.13. The van der Waals surface area contributed by atoms with Gasteiger partial charge in [-0.1, -0.05) is 6.42 Å². The molecular formula is C23H28N8O2. The third kappa shape index (κ3) is 4.50. The number of amides is 2. The molecule has 5 rings (SSSR count). The van der Waals surface area contributed by atoms with Gasteiger partial charge in [0.15, 0.2) is 17.0 Å². The normalized spacial score (nSPS) is 16.8.